The van der Waals surface area contributed by atoms with Crippen LogP contribution in [0.25, 0.3) is 0 Å². The molecule has 0 unspecified atom stereocenters. The van der Waals surface area contributed by atoms with Crippen molar-refractivity contribution in [3.8, 4) is 5.75 Å². The molecule has 0 atom stereocenters. The predicted molar refractivity (Wildman–Crippen MR) is 85.5 cm³/mol. The van der Waals surface area contributed by atoms with Crippen molar-refractivity contribution in [3.63, 3.8) is 0 Å². The standard InChI is InChI=1S/C17H20N2O2/c1-12-6-7-16(10-13(12)2)21-9-8-17(20)19-15-5-3-4-14(18)11-15/h3-7,10-11H,8-9,18H2,1-2H3,(H,19,20). The molecule has 4 heteroatoms. The number of hydrogen-bond donors (Lipinski definition) is 2. The Balaban J connectivity index is 1.80. The van der Waals surface area contributed by atoms with E-state index >= 15 is 0 Å². The summed E-state index contributed by atoms with van der Waals surface area (Å²) in [5, 5.41) is 2.79. The number of nitrogens with one attached hydrogen (secondary N) is 1. The van der Waals surface area contributed by atoms with Crippen molar-refractivity contribution in [1.82, 2.24) is 0 Å². The fourth-order valence-corrected chi connectivity index (χ4v) is 1.91. The Morgan fingerprint density at radius 1 is 1.14 bits per heavy atom. The molecule has 2 rings (SSSR count). The largest absolute Gasteiger partial charge is 0.493 e. The summed E-state index contributed by atoms with van der Waals surface area (Å²) in [6, 6.07) is 13.0. The Labute approximate surface area is 124 Å². The second-order valence-electron chi connectivity index (χ2n) is 5.02. The average molecular weight is 284 g/mol. The van der Waals surface area contributed by atoms with E-state index in [2.05, 4.69) is 12.2 Å². The van der Waals surface area contributed by atoms with Crippen LogP contribution in [0.3, 0.4) is 0 Å². The summed E-state index contributed by atoms with van der Waals surface area (Å²) in [5.41, 5.74) is 9.39. The zero-order chi connectivity index (χ0) is 15.2. The number of ether oxygens (including phenoxy) is 1. The van der Waals surface area contributed by atoms with Crippen molar-refractivity contribution in [3.05, 3.63) is 53.6 Å². The van der Waals surface area contributed by atoms with Crippen molar-refractivity contribution in [2.24, 2.45) is 0 Å². The summed E-state index contributed by atoms with van der Waals surface area (Å²) in [6.07, 6.45) is 0.293. The molecule has 0 aromatic heterocycles. The highest BCUT2D eigenvalue weighted by Gasteiger charge is 2.04. The van der Waals surface area contributed by atoms with Gasteiger partial charge < -0.3 is 15.8 Å². The Morgan fingerprint density at radius 2 is 1.95 bits per heavy atom. The van der Waals surface area contributed by atoms with Crippen molar-refractivity contribution in [2.45, 2.75) is 20.3 Å². The second kappa shape index (κ2) is 6.79. The molecule has 110 valence electrons. The third-order valence-corrected chi connectivity index (χ3v) is 3.25. The first-order valence-electron chi connectivity index (χ1n) is 6.90. The fraction of sp³-hybridized carbons (Fsp3) is 0.235. The summed E-state index contributed by atoms with van der Waals surface area (Å²) in [5.74, 6) is 0.694. The lowest BCUT2D eigenvalue weighted by Crippen LogP contribution is -2.15. The molecule has 2 aromatic rings. The van der Waals surface area contributed by atoms with E-state index in [1.54, 1.807) is 24.3 Å². The minimum absolute atomic E-state index is 0.0931. The Morgan fingerprint density at radius 3 is 2.67 bits per heavy atom. The highest BCUT2D eigenvalue weighted by atomic mass is 16.5. The maximum atomic E-state index is 11.8. The van der Waals surface area contributed by atoms with Crippen LogP contribution in [0.1, 0.15) is 17.5 Å². The van der Waals surface area contributed by atoms with E-state index in [0.29, 0.717) is 24.4 Å². The molecule has 0 aliphatic carbocycles. The van der Waals surface area contributed by atoms with Gasteiger partial charge in [0.1, 0.15) is 5.75 Å². The van der Waals surface area contributed by atoms with Gasteiger partial charge in [0, 0.05) is 11.4 Å². The summed E-state index contributed by atoms with van der Waals surface area (Å²) in [4.78, 5) is 11.8. The van der Waals surface area contributed by atoms with E-state index in [-0.39, 0.29) is 5.91 Å². The number of aryl methyl sites for hydroxylation is 2. The Kier molecular flexibility index (Phi) is 4.82. The van der Waals surface area contributed by atoms with Gasteiger partial charge in [0.2, 0.25) is 5.91 Å². The first kappa shape index (κ1) is 14.9. The van der Waals surface area contributed by atoms with E-state index in [1.165, 1.54) is 11.1 Å². The molecular weight excluding hydrogens is 264 g/mol. The van der Waals surface area contributed by atoms with Gasteiger partial charge in [-0.2, -0.15) is 0 Å². The van der Waals surface area contributed by atoms with Crippen LogP contribution >= 0.6 is 0 Å². The number of hydrogen-bond acceptors (Lipinski definition) is 3. The van der Waals surface area contributed by atoms with Crippen LogP contribution in [0.5, 0.6) is 5.75 Å². The SMILES string of the molecule is Cc1ccc(OCCC(=O)Nc2cccc(N)c2)cc1C. The maximum absolute atomic E-state index is 11.8. The van der Waals surface area contributed by atoms with Crippen LogP contribution in [0.15, 0.2) is 42.5 Å². The summed E-state index contributed by atoms with van der Waals surface area (Å²) < 4.78 is 5.59. The summed E-state index contributed by atoms with van der Waals surface area (Å²) in [7, 11) is 0. The number of nitrogen functional groups attached to an aromatic ring is 1. The number of carbonyl (C=O) groups excluding carboxylic acids is 1. The lowest BCUT2D eigenvalue weighted by Gasteiger charge is -2.09. The molecule has 21 heavy (non-hydrogen) atoms. The average Bonchev–Trinajstić information content (AvgIpc) is 2.43. The normalized spacial score (nSPS) is 10.2. The van der Waals surface area contributed by atoms with Gasteiger partial charge in [0.15, 0.2) is 0 Å². The minimum atomic E-state index is -0.0931. The highest BCUT2D eigenvalue weighted by molar-refractivity contribution is 5.91. The highest BCUT2D eigenvalue weighted by Crippen LogP contribution is 2.17. The third-order valence-electron chi connectivity index (χ3n) is 3.25. The lowest BCUT2D eigenvalue weighted by atomic mass is 10.1. The predicted octanol–water partition coefficient (Wildman–Crippen LogP) is 3.29. The number of rotatable bonds is 5. The maximum Gasteiger partial charge on any atom is 0.227 e. The zero-order valence-corrected chi connectivity index (χ0v) is 12.3. The van der Waals surface area contributed by atoms with Crippen LogP contribution in [0, 0.1) is 13.8 Å². The molecule has 4 nitrogen and oxygen atoms in total. The fourth-order valence-electron chi connectivity index (χ4n) is 1.91. The van der Waals surface area contributed by atoms with E-state index in [0.717, 1.165) is 5.75 Å². The van der Waals surface area contributed by atoms with Crippen LogP contribution in [0.2, 0.25) is 0 Å². The molecule has 0 saturated carbocycles. The molecule has 0 aliphatic rings. The molecule has 0 heterocycles. The van der Waals surface area contributed by atoms with Gasteiger partial charge in [-0.15, -0.1) is 0 Å². The van der Waals surface area contributed by atoms with E-state index in [4.69, 9.17) is 10.5 Å². The smallest absolute Gasteiger partial charge is 0.227 e. The Hall–Kier alpha value is -2.49. The first-order valence-corrected chi connectivity index (χ1v) is 6.90. The number of amides is 1. The van der Waals surface area contributed by atoms with E-state index in [9.17, 15) is 4.79 Å². The number of anilines is 2. The van der Waals surface area contributed by atoms with E-state index in [1.807, 2.05) is 25.1 Å². The second-order valence-corrected chi connectivity index (χ2v) is 5.02. The molecule has 0 aliphatic heterocycles. The van der Waals surface area contributed by atoms with E-state index < -0.39 is 0 Å². The zero-order valence-electron chi connectivity index (χ0n) is 12.3. The van der Waals surface area contributed by atoms with Crippen LogP contribution in [0.4, 0.5) is 11.4 Å². The quantitative estimate of drug-likeness (QED) is 0.828. The molecule has 0 fully saturated rings. The van der Waals surface area contributed by atoms with Crippen LogP contribution in [-0.4, -0.2) is 12.5 Å². The monoisotopic (exact) mass is 284 g/mol. The van der Waals surface area contributed by atoms with Gasteiger partial charge in [-0.1, -0.05) is 12.1 Å². The molecule has 2 aromatic carbocycles. The lowest BCUT2D eigenvalue weighted by molar-refractivity contribution is -0.116. The van der Waals surface area contributed by atoms with Crippen LogP contribution in [-0.2, 0) is 4.79 Å². The summed E-state index contributed by atoms with van der Waals surface area (Å²) >= 11 is 0. The van der Waals surface area contributed by atoms with Gasteiger partial charge in [0.05, 0.1) is 13.0 Å². The van der Waals surface area contributed by atoms with Crippen molar-refractivity contribution >= 4 is 17.3 Å². The minimum Gasteiger partial charge on any atom is -0.493 e. The molecule has 0 saturated heterocycles. The Bertz CT molecular complexity index is 638. The number of carbonyl (C=O) groups is 1. The topological polar surface area (TPSA) is 64.3 Å². The van der Waals surface area contributed by atoms with Crippen LogP contribution < -0.4 is 15.8 Å². The van der Waals surface area contributed by atoms with Crippen molar-refractivity contribution in [2.75, 3.05) is 17.7 Å². The first-order chi connectivity index (χ1) is 10.0. The van der Waals surface area contributed by atoms with Gasteiger partial charge >= 0.3 is 0 Å². The molecule has 3 N–H and O–H groups in total. The molecule has 0 spiro atoms. The molecular formula is C17H20N2O2. The third kappa shape index (κ3) is 4.53. The number of nitrogens with two attached hydrogens (primary N) is 1. The molecule has 1 amide bonds. The van der Waals surface area contributed by atoms with Gasteiger partial charge in [-0.05, 0) is 55.3 Å². The van der Waals surface area contributed by atoms with Crippen molar-refractivity contribution < 1.29 is 9.53 Å². The van der Waals surface area contributed by atoms with Crippen molar-refractivity contribution in [1.29, 1.82) is 0 Å². The molecule has 0 bridgehead atoms. The molecule has 0 radical (unpaired) electrons. The van der Waals surface area contributed by atoms with Gasteiger partial charge in [-0.3, -0.25) is 4.79 Å². The number of benzene rings is 2. The summed E-state index contributed by atoms with van der Waals surface area (Å²) in [6.45, 7) is 4.43. The van der Waals surface area contributed by atoms with Gasteiger partial charge in [0.25, 0.3) is 0 Å². The van der Waals surface area contributed by atoms with Gasteiger partial charge in [-0.25, -0.2) is 0 Å².